The second-order valence-electron chi connectivity index (χ2n) is 3.76. The molecule has 1 aromatic carbocycles. The standard InChI is InChI=1S/C11H16ClNO3S/c1-13-8-9-7-10(12)3-4-11(9)16-5-6-17(2,14)15/h3-4,7,13H,5-6,8H2,1-2H3. The summed E-state index contributed by atoms with van der Waals surface area (Å²) in [7, 11) is -1.17. The lowest BCUT2D eigenvalue weighted by molar-refractivity contribution is 0.337. The van der Waals surface area contributed by atoms with Gasteiger partial charge in [-0.3, -0.25) is 0 Å². The number of sulfone groups is 1. The Hall–Kier alpha value is -0.780. The average molecular weight is 278 g/mol. The summed E-state index contributed by atoms with van der Waals surface area (Å²) in [6.07, 6.45) is 1.19. The lowest BCUT2D eigenvalue weighted by Gasteiger charge is -2.11. The van der Waals surface area contributed by atoms with Crippen LogP contribution in [-0.2, 0) is 16.4 Å². The van der Waals surface area contributed by atoms with E-state index in [-0.39, 0.29) is 12.4 Å². The third kappa shape index (κ3) is 5.39. The number of ether oxygens (including phenoxy) is 1. The third-order valence-electron chi connectivity index (χ3n) is 2.10. The zero-order chi connectivity index (χ0) is 12.9. The highest BCUT2D eigenvalue weighted by molar-refractivity contribution is 7.90. The minimum Gasteiger partial charge on any atom is -0.492 e. The number of halogens is 1. The van der Waals surface area contributed by atoms with E-state index in [0.717, 1.165) is 5.56 Å². The number of benzene rings is 1. The third-order valence-corrected chi connectivity index (χ3v) is 3.24. The van der Waals surface area contributed by atoms with E-state index < -0.39 is 9.84 Å². The summed E-state index contributed by atoms with van der Waals surface area (Å²) in [6.45, 7) is 0.770. The van der Waals surface area contributed by atoms with Crippen LogP contribution in [0, 0.1) is 0 Å². The molecule has 4 nitrogen and oxygen atoms in total. The molecule has 0 fully saturated rings. The molecule has 6 heteroatoms. The predicted molar refractivity (Wildman–Crippen MR) is 69.4 cm³/mol. The molecule has 17 heavy (non-hydrogen) atoms. The Morgan fingerprint density at radius 1 is 1.41 bits per heavy atom. The van der Waals surface area contributed by atoms with E-state index in [1.165, 1.54) is 6.26 Å². The van der Waals surface area contributed by atoms with Crippen LogP contribution in [0.2, 0.25) is 5.02 Å². The molecule has 0 heterocycles. The minimum atomic E-state index is -2.99. The summed E-state index contributed by atoms with van der Waals surface area (Å²) in [4.78, 5) is 0. The molecule has 1 N–H and O–H groups in total. The van der Waals surface area contributed by atoms with E-state index in [1.807, 2.05) is 7.05 Å². The second-order valence-corrected chi connectivity index (χ2v) is 6.46. The van der Waals surface area contributed by atoms with Crippen LogP contribution < -0.4 is 10.1 Å². The van der Waals surface area contributed by atoms with E-state index in [0.29, 0.717) is 17.3 Å². The van der Waals surface area contributed by atoms with Crippen molar-refractivity contribution in [2.75, 3.05) is 25.7 Å². The normalized spacial score (nSPS) is 11.5. The molecule has 0 saturated heterocycles. The fourth-order valence-electron chi connectivity index (χ4n) is 1.32. The van der Waals surface area contributed by atoms with Crippen molar-refractivity contribution in [1.82, 2.24) is 5.32 Å². The van der Waals surface area contributed by atoms with E-state index in [1.54, 1.807) is 18.2 Å². The highest BCUT2D eigenvalue weighted by atomic mass is 35.5. The van der Waals surface area contributed by atoms with Gasteiger partial charge in [0.2, 0.25) is 0 Å². The molecular weight excluding hydrogens is 262 g/mol. The Bertz CT molecular complexity index is 474. The summed E-state index contributed by atoms with van der Waals surface area (Å²) in [5.41, 5.74) is 0.911. The van der Waals surface area contributed by atoms with Gasteiger partial charge in [0.25, 0.3) is 0 Å². The highest BCUT2D eigenvalue weighted by Gasteiger charge is 2.06. The SMILES string of the molecule is CNCc1cc(Cl)ccc1OCCS(C)(=O)=O. The molecule has 0 amide bonds. The lowest BCUT2D eigenvalue weighted by Crippen LogP contribution is -2.14. The van der Waals surface area contributed by atoms with E-state index in [9.17, 15) is 8.42 Å². The molecule has 0 aliphatic carbocycles. The molecule has 1 aromatic rings. The van der Waals surface area contributed by atoms with Crippen LogP contribution in [0.25, 0.3) is 0 Å². The fraction of sp³-hybridized carbons (Fsp3) is 0.455. The van der Waals surface area contributed by atoms with Gasteiger partial charge in [-0.1, -0.05) is 11.6 Å². The molecule has 96 valence electrons. The maximum Gasteiger partial charge on any atom is 0.150 e. The first kappa shape index (κ1) is 14.3. The van der Waals surface area contributed by atoms with Crippen molar-refractivity contribution in [2.24, 2.45) is 0 Å². The van der Waals surface area contributed by atoms with Crippen LogP contribution in [-0.4, -0.2) is 34.1 Å². The van der Waals surface area contributed by atoms with Crippen molar-refractivity contribution >= 4 is 21.4 Å². The molecule has 0 bridgehead atoms. The maximum absolute atomic E-state index is 11.0. The highest BCUT2D eigenvalue weighted by Crippen LogP contribution is 2.22. The maximum atomic E-state index is 11.0. The van der Waals surface area contributed by atoms with E-state index in [4.69, 9.17) is 16.3 Å². The van der Waals surface area contributed by atoms with Gasteiger partial charge in [-0.05, 0) is 25.2 Å². The van der Waals surface area contributed by atoms with Gasteiger partial charge < -0.3 is 10.1 Å². The lowest BCUT2D eigenvalue weighted by atomic mass is 10.2. The van der Waals surface area contributed by atoms with Gasteiger partial charge in [-0.2, -0.15) is 0 Å². The molecular formula is C11H16ClNO3S. The Kier molecular flexibility index (Phi) is 5.24. The zero-order valence-electron chi connectivity index (χ0n) is 9.86. The largest absolute Gasteiger partial charge is 0.492 e. The van der Waals surface area contributed by atoms with Crippen LogP contribution in [0.5, 0.6) is 5.75 Å². The van der Waals surface area contributed by atoms with Crippen molar-refractivity contribution in [2.45, 2.75) is 6.54 Å². The Morgan fingerprint density at radius 3 is 2.71 bits per heavy atom. The van der Waals surface area contributed by atoms with Crippen LogP contribution in [0.1, 0.15) is 5.56 Å². The van der Waals surface area contributed by atoms with Crippen molar-refractivity contribution in [3.8, 4) is 5.75 Å². The molecule has 0 unspecified atom stereocenters. The Morgan fingerprint density at radius 2 is 2.12 bits per heavy atom. The molecule has 0 aliphatic rings. The summed E-state index contributed by atoms with van der Waals surface area (Å²) in [5, 5.41) is 3.63. The Balaban J connectivity index is 2.69. The summed E-state index contributed by atoms with van der Waals surface area (Å²) < 4.78 is 27.4. The summed E-state index contributed by atoms with van der Waals surface area (Å²) in [6, 6.07) is 5.27. The molecule has 0 atom stereocenters. The van der Waals surface area contributed by atoms with Gasteiger partial charge in [-0.25, -0.2) is 8.42 Å². The summed E-state index contributed by atoms with van der Waals surface area (Å²) in [5.74, 6) is 0.668. The van der Waals surface area contributed by atoms with Crippen LogP contribution in [0.4, 0.5) is 0 Å². The quantitative estimate of drug-likeness (QED) is 0.856. The zero-order valence-corrected chi connectivity index (χ0v) is 11.4. The van der Waals surface area contributed by atoms with Crippen molar-refractivity contribution in [1.29, 1.82) is 0 Å². The summed E-state index contributed by atoms with van der Waals surface area (Å²) >= 11 is 5.88. The smallest absolute Gasteiger partial charge is 0.150 e. The minimum absolute atomic E-state index is 0.00855. The second kappa shape index (κ2) is 6.23. The molecule has 0 saturated carbocycles. The predicted octanol–water partition coefficient (Wildman–Crippen LogP) is 1.48. The number of rotatable bonds is 6. The van der Waals surface area contributed by atoms with Gasteiger partial charge in [0.1, 0.15) is 12.4 Å². The van der Waals surface area contributed by atoms with Crippen LogP contribution >= 0.6 is 11.6 Å². The first-order valence-electron chi connectivity index (χ1n) is 5.16. The van der Waals surface area contributed by atoms with Gasteiger partial charge in [0.15, 0.2) is 9.84 Å². The molecule has 0 radical (unpaired) electrons. The van der Waals surface area contributed by atoms with Gasteiger partial charge >= 0.3 is 0 Å². The van der Waals surface area contributed by atoms with Crippen LogP contribution in [0.3, 0.4) is 0 Å². The van der Waals surface area contributed by atoms with Crippen molar-refractivity contribution in [3.63, 3.8) is 0 Å². The van der Waals surface area contributed by atoms with E-state index >= 15 is 0 Å². The van der Waals surface area contributed by atoms with Crippen LogP contribution in [0.15, 0.2) is 18.2 Å². The molecule has 0 spiro atoms. The number of nitrogens with one attached hydrogen (secondary N) is 1. The molecule has 0 aromatic heterocycles. The Labute approximate surface area is 107 Å². The van der Waals surface area contributed by atoms with E-state index in [2.05, 4.69) is 5.32 Å². The monoisotopic (exact) mass is 277 g/mol. The first-order chi connectivity index (χ1) is 7.92. The molecule has 1 rings (SSSR count). The average Bonchev–Trinajstić information content (AvgIpc) is 2.20. The van der Waals surface area contributed by atoms with Gasteiger partial charge in [0.05, 0.1) is 5.75 Å². The van der Waals surface area contributed by atoms with Gasteiger partial charge in [0, 0.05) is 23.4 Å². The number of hydrogen-bond acceptors (Lipinski definition) is 4. The van der Waals surface area contributed by atoms with Gasteiger partial charge in [-0.15, -0.1) is 0 Å². The first-order valence-corrected chi connectivity index (χ1v) is 7.60. The fourth-order valence-corrected chi connectivity index (χ4v) is 1.90. The number of hydrogen-bond donors (Lipinski definition) is 1. The van der Waals surface area contributed by atoms with Crippen molar-refractivity contribution in [3.05, 3.63) is 28.8 Å². The molecule has 0 aliphatic heterocycles. The topological polar surface area (TPSA) is 55.4 Å². The van der Waals surface area contributed by atoms with Crippen molar-refractivity contribution < 1.29 is 13.2 Å².